The highest BCUT2D eigenvalue weighted by molar-refractivity contribution is 5.72. The Morgan fingerprint density at radius 3 is 2.50 bits per heavy atom. The number of hydrogen-bond acceptors (Lipinski definition) is 4. The van der Waals surface area contributed by atoms with Crippen molar-refractivity contribution in [1.29, 1.82) is 0 Å². The molecule has 20 heavy (non-hydrogen) atoms. The summed E-state index contributed by atoms with van der Waals surface area (Å²) >= 11 is 0. The molecule has 1 atom stereocenters. The molecule has 3 fully saturated rings. The number of hydrogen-bond donors (Lipinski definition) is 0. The van der Waals surface area contributed by atoms with E-state index in [9.17, 15) is 4.79 Å². The molecule has 0 spiro atoms. The summed E-state index contributed by atoms with van der Waals surface area (Å²) in [6.45, 7) is 3.50. The van der Waals surface area contributed by atoms with E-state index in [0.29, 0.717) is 18.4 Å². The molecule has 0 aliphatic carbocycles. The fourth-order valence-electron chi connectivity index (χ4n) is 3.14. The molecular weight excluding hydrogens is 254 g/mol. The first-order chi connectivity index (χ1) is 9.74. The number of benzene rings is 1. The van der Waals surface area contributed by atoms with Crippen LogP contribution in [0.1, 0.15) is 18.4 Å². The van der Waals surface area contributed by atoms with Crippen LogP contribution in [0, 0.1) is 5.92 Å². The number of carbonyl (C=O) groups is 1. The molecule has 1 aromatic rings. The fourth-order valence-corrected chi connectivity index (χ4v) is 3.14. The van der Waals surface area contributed by atoms with Crippen LogP contribution >= 0.6 is 0 Å². The van der Waals surface area contributed by atoms with Gasteiger partial charge in [0.05, 0.1) is 13.5 Å². The smallest absolute Gasteiger partial charge is 0.309 e. The van der Waals surface area contributed by atoms with Gasteiger partial charge in [-0.2, -0.15) is 0 Å². The number of rotatable bonds is 4. The minimum absolute atomic E-state index is 0.212. The highest BCUT2D eigenvalue weighted by Gasteiger charge is 2.35. The maximum absolute atomic E-state index is 11.2. The average molecular weight is 275 g/mol. The van der Waals surface area contributed by atoms with E-state index in [0.717, 1.165) is 17.9 Å². The first-order valence-corrected chi connectivity index (χ1v) is 7.29. The van der Waals surface area contributed by atoms with Gasteiger partial charge in [0.15, 0.2) is 0 Å². The van der Waals surface area contributed by atoms with Crippen LogP contribution < -0.4 is 4.74 Å². The Balaban J connectivity index is 1.59. The zero-order valence-electron chi connectivity index (χ0n) is 11.9. The Morgan fingerprint density at radius 1 is 1.25 bits per heavy atom. The van der Waals surface area contributed by atoms with Crippen LogP contribution in [0.4, 0.5) is 0 Å². The molecule has 0 N–H and O–H groups in total. The molecule has 3 heterocycles. The van der Waals surface area contributed by atoms with Gasteiger partial charge in [0.25, 0.3) is 0 Å². The maximum Gasteiger partial charge on any atom is 0.309 e. The van der Waals surface area contributed by atoms with Gasteiger partial charge in [-0.3, -0.25) is 9.69 Å². The lowest BCUT2D eigenvalue weighted by atomic mass is 9.86. The van der Waals surface area contributed by atoms with Gasteiger partial charge >= 0.3 is 5.97 Å². The zero-order valence-corrected chi connectivity index (χ0v) is 11.9. The quantitative estimate of drug-likeness (QED) is 0.786. The molecule has 2 bridgehead atoms. The molecular formula is C16H21NO3. The highest BCUT2D eigenvalue weighted by Crippen LogP contribution is 2.30. The van der Waals surface area contributed by atoms with Crippen LogP contribution in [0.5, 0.6) is 5.75 Å². The van der Waals surface area contributed by atoms with Gasteiger partial charge in [-0.1, -0.05) is 12.1 Å². The summed E-state index contributed by atoms with van der Waals surface area (Å²) in [7, 11) is 1.41. The van der Waals surface area contributed by atoms with E-state index in [2.05, 4.69) is 9.64 Å². The number of fused-ring (bicyclic) bond motifs is 3. The minimum Gasteiger partial charge on any atom is -0.489 e. The third-order valence-corrected chi connectivity index (χ3v) is 4.38. The lowest BCUT2D eigenvalue weighted by molar-refractivity contribution is -0.139. The first kappa shape index (κ1) is 13.4. The second kappa shape index (κ2) is 5.83. The molecule has 3 saturated heterocycles. The number of methoxy groups -OCH3 is 1. The number of piperidine rings is 3. The maximum atomic E-state index is 11.2. The van der Waals surface area contributed by atoms with Gasteiger partial charge in [-0.05, 0) is 49.5 Å². The molecule has 1 aromatic carbocycles. The van der Waals surface area contributed by atoms with Crippen molar-refractivity contribution in [1.82, 2.24) is 4.90 Å². The van der Waals surface area contributed by atoms with Gasteiger partial charge in [0.2, 0.25) is 0 Å². The fraction of sp³-hybridized carbons (Fsp3) is 0.562. The largest absolute Gasteiger partial charge is 0.489 e. The van der Waals surface area contributed by atoms with Gasteiger partial charge in [0, 0.05) is 6.54 Å². The summed E-state index contributed by atoms with van der Waals surface area (Å²) in [5, 5.41) is 0. The van der Waals surface area contributed by atoms with Crippen LogP contribution in [0.15, 0.2) is 24.3 Å². The molecule has 0 aromatic heterocycles. The van der Waals surface area contributed by atoms with Crippen molar-refractivity contribution in [2.24, 2.45) is 5.92 Å². The topological polar surface area (TPSA) is 38.8 Å². The van der Waals surface area contributed by atoms with Gasteiger partial charge in [-0.25, -0.2) is 0 Å². The van der Waals surface area contributed by atoms with Crippen molar-refractivity contribution in [3.8, 4) is 5.75 Å². The minimum atomic E-state index is -0.212. The van der Waals surface area contributed by atoms with E-state index in [-0.39, 0.29) is 5.97 Å². The Morgan fingerprint density at radius 2 is 1.95 bits per heavy atom. The van der Waals surface area contributed by atoms with E-state index in [4.69, 9.17) is 4.74 Å². The van der Waals surface area contributed by atoms with Crippen LogP contribution in [-0.2, 0) is 16.0 Å². The van der Waals surface area contributed by atoms with Crippen molar-refractivity contribution in [3.05, 3.63) is 29.8 Å². The summed E-state index contributed by atoms with van der Waals surface area (Å²) in [4.78, 5) is 13.7. The van der Waals surface area contributed by atoms with E-state index in [1.54, 1.807) is 0 Å². The summed E-state index contributed by atoms with van der Waals surface area (Å²) in [5.74, 6) is 1.39. The first-order valence-electron chi connectivity index (χ1n) is 7.29. The van der Waals surface area contributed by atoms with Crippen LogP contribution in [0.25, 0.3) is 0 Å². The van der Waals surface area contributed by atoms with E-state index in [1.807, 2.05) is 24.3 Å². The average Bonchev–Trinajstić information content (AvgIpc) is 2.50. The van der Waals surface area contributed by atoms with E-state index >= 15 is 0 Å². The van der Waals surface area contributed by atoms with Crippen molar-refractivity contribution in [2.45, 2.75) is 25.4 Å². The van der Waals surface area contributed by atoms with E-state index < -0.39 is 0 Å². The van der Waals surface area contributed by atoms with Crippen LogP contribution in [0.2, 0.25) is 0 Å². The summed E-state index contributed by atoms with van der Waals surface area (Å²) in [6.07, 6.45) is 3.15. The number of nitrogens with zero attached hydrogens (tertiary/aromatic N) is 1. The molecule has 0 amide bonds. The Bertz CT molecular complexity index is 463. The normalized spacial score (nSPS) is 28.1. The Kier molecular flexibility index (Phi) is 3.92. The van der Waals surface area contributed by atoms with Crippen molar-refractivity contribution < 1.29 is 14.3 Å². The Labute approximate surface area is 119 Å². The van der Waals surface area contributed by atoms with Crippen LogP contribution in [-0.4, -0.2) is 43.7 Å². The number of esters is 1. The second-order valence-electron chi connectivity index (χ2n) is 5.69. The number of ether oxygens (including phenoxy) is 2. The van der Waals surface area contributed by atoms with Gasteiger partial charge < -0.3 is 9.47 Å². The third-order valence-electron chi connectivity index (χ3n) is 4.38. The summed E-state index contributed by atoms with van der Waals surface area (Å²) < 4.78 is 10.8. The predicted molar refractivity (Wildman–Crippen MR) is 75.7 cm³/mol. The molecule has 0 saturated carbocycles. The van der Waals surface area contributed by atoms with Gasteiger partial charge in [-0.15, -0.1) is 0 Å². The highest BCUT2D eigenvalue weighted by atomic mass is 16.5. The standard InChI is InChI=1S/C16H21NO3/c1-19-16(18)10-12-2-4-14(5-3-12)20-15-11-17-8-6-13(15)7-9-17/h2-5,13,15H,6-11H2,1H3. The molecule has 4 heteroatoms. The summed E-state index contributed by atoms with van der Waals surface area (Å²) in [5.41, 5.74) is 0.957. The summed E-state index contributed by atoms with van der Waals surface area (Å²) in [6, 6.07) is 7.78. The monoisotopic (exact) mass is 275 g/mol. The molecule has 4 rings (SSSR count). The van der Waals surface area contributed by atoms with Crippen molar-refractivity contribution >= 4 is 5.97 Å². The van der Waals surface area contributed by atoms with Crippen molar-refractivity contribution in [2.75, 3.05) is 26.7 Å². The Hall–Kier alpha value is -1.55. The second-order valence-corrected chi connectivity index (χ2v) is 5.69. The lowest BCUT2D eigenvalue weighted by Crippen LogP contribution is -2.52. The molecule has 4 nitrogen and oxygen atoms in total. The molecule has 0 radical (unpaired) electrons. The molecule has 1 unspecified atom stereocenters. The SMILES string of the molecule is COC(=O)Cc1ccc(OC2CN3CCC2CC3)cc1. The van der Waals surface area contributed by atoms with Crippen molar-refractivity contribution in [3.63, 3.8) is 0 Å². The lowest BCUT2D eigenvalue weighted by Gasteiger charge is -2.44. The third kappa shape index (κ3) is 2.96. The molecule has 3 aliphatic heterocycles. The van der Waals surface area contributed by atoms with Gasteiger partial charge in [0.1, 0.15) is 11.9 Å². The van der Waals surface area contributed by atoms with Crippen LogP contribution in [0.3, 0.4) is 0 Å². The number of carbonyl (C=O) groups excluding carboxylic acids is 1. The molecule has 3 aliphatic rings. The van der Waals surface area contributed by atoms with E-state index in [1.165, 1.54) is 33.0 Å². The predicted octanol–water partition coefficient (Wildman–Crippen LogP) is 1.88. The zero-order chi connectivity index (χ0) is 13.9. The molecule has 108 valence electrons.